The molecule has 2 saturated heterocycles. The van der Waals surface area contributed by atoms with Gasteiger partial charge in [0.2, 0.25) is 5.91 Å². The Labute approximate surface area is 174 Å². The van der Waals surface area contributed by atoms with Gasteiger partial charge in [-0.25, -0.2) is 0 Å². The summed E-state index contributed by atoms with van der Waals surface area (Å²) in [5.74, 6) is 1.01. The van der Waals surface area contributed by atoms with Gasteiger partial charge in [-0.3, -0.25) is 19.6 Å². The molecule has 154 valence electrons. The molecular formula is C21H27N5O2S. The summed E-state index contributed by atoms with van der Waals surface area (Å²) in [5, 5.41) is 9.24. The number of H-pyrrole nitrogens is 1. The third-order valence-electron chi connectivity index (χ3n) is 6.29. The highest BCUT2D eigenvalue weighted by Crippen LogP contribution is 2.32. The summed E-state index contributed by atoms with van der Waals surface area (Å²) in [6.07, 6.45) is 4.36. The van der Waals surface area contributed by atoms with E-state index in [1.807, 2.05) is 28.5 Å². The average Bonchev–Trinajstić information content (AvgIpc) is 3.08. The Hall–Kier alpha value is -2.19. The zero-order valence-electron chi connectivity index (χ0n) is 16.5. The van der Waals surface area contributed by atoms with E-state index in [1.165, 1.54) is 12.8 Å². The number of thiophene rings is 1. The average molecular weight is 414 g/mol. The van der Waals surface area contributed by atoms with Crippen molar-refractivity contribution in [2.75, 3.05) is 39.3 Å². The number of aromatic nitrogens is 2. The molecule has 2 aromatic heterocycles. The van der Waals surface area contributed by atoms with Crippen LogP contribution in [0.4, 0.5) is 0 Å². The standard InChI is InChI=1S/C21H27N5O2S/c27-20(17-13-16(22-23-17)19-3-1-12-29-19)25-8-2-7-24(10-11-25)18-6-9-26(21(18)28)14-15-4-5-15/h1,3,12-13,15,18H,2,4-11,14H2,(H,22,23). The lowest BCUT2D eigenvalue weighted by molar-refractivity contribution is -0.132. The molecule has 3 fully saturated rings. The number of likely N-dealkylation sites (tertiary alicyclic amines) is 1. The van der Waals surface area contributed by atoms with E-state index in [9.17, 15) is 9.59 Å². The summed E-state index contributed by atoms with van der Waals surface area (Å²) in [4.78, 5) is 33.1. The quantitative estimate of drug-likeness (QED) is 0.816. The first-order valence-corrected chi connectivity index (χ1v) is 11.5. The molecule has 1 saturated carbocycles. The van der Waals surface area contributed by atoms with Crippen LogP contribution in [0.5, 0.6) is 0 Å². The van der Waals surface area contributed by atoms with E-state index in [4.69, 9.17) is 0 Å². The number of aromatic amines is 1. The van der Waals surface area contributed by atoms with Gasteiger partial charge in [0.1, 0.15) is 0 Å². The van der Waals surface area contributed by atoms with Gasteiger partial charge in [-0.1, -0.05) is 6.07 Å². The maximum absolute atomic E-state index is 13.0. The molecule has 2 aliphatic heterocycles. The minimum Gasteiger partial charge on any atom is -0.341 e. The third-order valence-corrected chi connectivity index (χ3v) is 7.19. The topological polar surface area (TPSA) is 72.5 Å². The largest absolute Gasteiger partial charge is 0.341 e. The summed E-state index contributed by atoms with van der Waals surface area (Å²) in [5.41, 5.74) is 1.35. The van der Waals surface area contributed by atoms with Gasteiger partial charge in [0, 0.05) is 39.3 Å². The Morgan fingerprint density at radius 2 is 2.07 bits per heavy atom. The Morgan fingerprint density at radius 3 is 2.86 bits per heavy atom. The Balaban J connectivity index is 1.20. The molecule has 29 heavy (non-hydrogen) atoms. The predicted molar refractivity (Wildman–Crippen MR) is 112 cm³/mol. The first kappa shape index (κ1) is 18.8. The van der Waals surface area contributed by atoms with Crippen LogP contribution in [0.1, 0.15) is 36.2 Å². The van der Waals surface area contributed by atoms with Gasteiger partial charge in [0.15, 0.2) is 5.69 Å². The summed E-state index contributed by atoms with van der Waals surface area (Å²) < 4.78 is 0. The van der Waals surface area contributed by atoms with Crippen molar-refractivity contribution in [1.82, 2.24) is 24.9 Å². The van der Waals surface area contributed by atoms with Crippen molar-refractivity contribution in [3.05, 3.63) is 29.3 Å². The summed E-state index contributed by atoms with van der Waals surface area (Å²) in [6.45, 7) is 4.81. The number of nitrogens with zero attached hydrogens (tertiary/aromatic N) is 4. The predicted octanol–water partition coefficient (Wildman–Crippen LogP) is 2.30. The maximum Gasteiger partial charge on any atom is 0.274 e. The highest BCUT2D eigenvalue weighted by Gasteiger charge is 2.39. The molecule has 1 unspecified atom stereocenters. The lowest BCUT2D eigenvalue weighted by Crippen LogP contribution is -2.44. The number of carbonyl (C=O) groups is 2. The molecule has 1 N–H and O–H groups in total. The van der Waals surface area contributed by atoms with Gasteiger partial charge in [0.05, 0.1) is 16.6 Å². The lowest BCUT2D eigenvalue weighted by Gasteiger charge is -2.26. The third kappa shape index (κ3) is 3.96. The van der Waals surface area contributed by atoms with E-state index in [-0.39, 0.29) is 11.9 Å². The second-order valence-corrected chi connectivity index (χ2v) is 9.31. The molecule has 2 aromatic rings. The second-order valence-electron chi connectivity index (χ2n) is 8.36. The smallest absolute Gasteiger partial charge is 0.274 e. The first-order chi connectivity index (χ1) is 14.2. The minimum absolute atomic E-state index is 0.000355. The highest BCUT2D eigenvalue weighted by atomic mass is 32.1. The molecule has 8 heteroatoms. The van der Waals surface area contributed by atoms with E-state index in [0.29, 0.717) is 24.7 Å². The van der Waals surface area contributed by atoms with Gasteiger partial charge in [-0.2, -0.15) is 5.10 Å². The van der Waals surface area contributed by atoms with E-state index in [1.54, 1.807) is 11.3 Å². The number of rotatable bonds is 5. The zero-order chi connectivity index (χ0) is 19.8. The molecule has 5 rings (SSSR count). The van der Waals surface area contributed by atoms with Crippen molar-refractivity contribution < 1.29 is 9.59 Å². The molecule has 0 radical (unpaired) electrons. The Kier molecular flexibility index (Phi) is 5.13. The molecule has 0 spiro atoms. The van der Waals surface area contributed by atoms with Gasteiger partial charge in [-0.15, -0.1) is 11.3 Å². The Morgan fingerprint density at radius 1 is 1.17 bits per heavy atom. The summed E-state index contributed by atoms with van der Waals surface area (Å²) in [7, 11) is 0. The highest BCUT2D eigenvalue weighted by molar-refractivity contribution is 7.13. The fourth-order valence-corrected chi connectivity index (χ4v) is 5.15. The monoisotopic (exact) mass is 413 g/mol. The van der Waals surface area contributed by atoms with Crippen LogP contribution in [-0.4, -0.2) is 82.0 Å². The second kappa shape index (κ2) is 7.91. The number of hydrogen-bond donors (Lipinski definition) is 1. The van der Waals surface area contributed by atoms with E-state index in [0.717, 1.165) is 55.5 Å². The molecule has 1 aliphatic carbocycles. The number of hydrogen-bond acceptors (Lipinski definition) is 5. The van der Waals surface area contributed by atoms with Crippen LogP contribution < -0.4 is 0 Å². The van der Waals surface area contributed by atoms with Crippen LogP contribution in [0.15, 0.2) is 23.6 Å². The molecule has 4 heterocycles. The van der Waals surface area contributed by atoms with Gasteiger partial charge in [-0.05, 0) is 49.1 Å². The zero-order valence-corrected chi connectivity index (χ0v) is 17.4. The van der Waals surface area contributed by atoms with Crippen molar-refractivity contribution in [2.24, 2.45) is 5.92 Å². The van der Waals surface area contributed by atoms with Crippen molar-refractivity contribution in [2.45, 2.75) is 31.7 Å². The van der Waals surface area contributed by atoms with Crippen LogP contribution in [-0.2, 0) is 4.79 Å². The molecule has 0 aromatic carbocycles. The van der Waals surface area contributed by atoms with Crippen molar-refractivity contribution >= 4 is 23.2 Å². The fourth-order valence-electron chi connectivity index (χ4n) is 4.46. The SMILES string of the molecule is O=C(c1cc(-c2cccs2)[nH]n1)N1CCCN(C2CCN(CC3CC3)C2=O)CC1. The molecule has 0 bridgehead atoms. The van der Waals surface area contributed by atoms with Crippen molar-refractivity contribution in [3.63, 3.8) is 0 Å². The van der Waals surface area contributed by atoms with Crippen LogP contribution in [0.25, 0.3) is 10.6 Å². The van der Waals surface area contributed by atoms with Gasteiger partial charge >= 0.3 is 0 Å². The molecular weight excluding hydrogens is 386 g/mol. The maximum atomic E-state index is 13.0. The number of amides is 2. The summed E-state index contributed by atoms with van der Waals surface area (Å²) in [6, 6.07) is 5.84. The van der Waals surface area contributed by atoms with Crippen LogP contribution in [0, 0.1) is 5.92 Å². The summed E-state index contributed by atoms with van der Waals surface area (Å²) >= 11 is 1.62. The number of carbonyl (C=O) groups excluding carboxylic acids is 2. The van der Waals surface area contributed by atoms with Crippen molar-refractivity contribution in [1.29, 1.82) is 0 Å². The van der Waals surface area contributed by atoms with Crippen LogP contribution in [0.3, 0.4) is 0 Å². The first-order valence-electron chi connectivity index (χ1n) is 10.6. The number of nitrogens with one attached hydrogen (secondary N) is 1. The van der Waals surface area contributed by atoms with Gasteiger partial charge in [0.25, 0.3) is 5.91 Å². The minimum atomic E-state index is -0.0287. The van der Waals surface area contributed by atoms with Crippen LogP contribution in [0.2, 0.25) is 0 Å². The van der Waals surface area contributed by atoms with Crippen LogP contribution >= 0.6 is 11.3 Å². The van der Waals surface area contributed by atoms with E-state index in [2.05, 4.69) is 20.0 Å². The van der Waals surface area contributed by atoms with Gasteiger partial charge < -0.3 is 9.80 Å². The molecule has 3 aliphatic rings. The lowest BCUT2D eigenvalue weighted by atomic mass is 10.2. The molecule has 1 atom stereocenters. The Bertz CT molecular complexity index is 876. The van der Waals surface area contributed by atoms with E-state index < -0.39 is 0 Å². The fraction of sp³-hybridized carbons (Fsp3) is 0.571. The van der Waals surface area contributed by atoms with E-state index >= 15 is 0 Å². The molecule has 7 nitrogen and oxygen atoms in total. The van der Waals surface area contributed by atoms with Crippen molar-refractivity contribution in [3.8, 4) is 10.6 Å². The molecule has 2 amide bonds. The normalized spacial score (nSPS) is 23.6.